The predicted octanol–water partition coefficient (Wildman–Crippen LogP) is 6.24. The lowest BCUT2D eigenvalue weighted by molar-refractivity contribution is -0.137. The summed E-state index contributed by atoms with van der Waals surface area (Å²) in [7, 11) is 3.03. The van der Waals surface area contributed by atoms with Crippen molar-refractivity contribution in [3.8, 4) is 23.1 Å². The second-order valence-electron chi connectivity index (χ2n) is 12.5. The number of aromatic amines is 1. The van der Waals surface area contributed by atoms with Gasteiger partial charge in [-0.25, -0.2) is 18.7 Å². The molecule has 3 N–H and O–H groups in total. The molecular formula is C34H38F5N9O3. The lowest BCUT2D eigenvalue weighted by Crippen LogP contribution is -2.39. The Bertz CT molecular complexity index is 2050. The quantitative estimate of drug-likeness (QED) is 0.185. The smallest absolute Gasteiger partial charge is 0.417 e. The molecule has 5 aromatic rings. The molecule has 0 radical (unpaired) electrons. The zero-order chi connectivity index (χ0) is 36.6. The highest BCUT2D eigenvalue weighted by Gasteiger charge is 2.40. The van der Waals surface area contributed by atoms with E-state index in [4.69, 9.17) is 19.9 Å². The first-order valence-corrected chi connectivity index (χ1v) is 16.4. The molecular weight excluding hydrogens is 677 g/mol. The van der Waals surface area contributed by atoms with Crippen LogP contribution in [0.15, 0.2) is 24.5 Å². The summed E-state index contributed by atoms with van der Waals surface area (Å²) in [6.45, 7) is 9.31. The van der Waals surface area contributed by atoms with E-state index in [1.165, 1.54) is 58.3 Å². The number of alkyl halides is 3. The number of ether oxygens (including phenoxy) is 3. The number of fused-ring (bicyclic) bond motifs is 1. The number of nitrogens with one attached hydrogen (secondary N) is 1. The molecule has 12 nitrogen and oxygen atoms in total. The van der Waals surface area contributed by atoms with Gasteiger partial charge in [0.2, 0.25) is 5.88 Å². The topological polar surface area (TPSA) is 140 Å². The molecule has 0 amide bonds. The molecule has 2 aliphatic rings. The molecule has 51 heavy (non-hydrogen) atoms. The number of hydrogen-bond acceptors (Lipinski definition) is 11. The Hall–Kier alpha value is -4.90. The first-order valence-electron chi connectivity index (χ1n) is 16.4. The third-order valence-corrected chi connectivity index (χ3v) is 9.13. The molecule has 2 atom stereocenters. The fraction of sp³-hybridized carbons (Fsp3) is 0.441. The van der Waals surface area contributed by atoms with Crippen molar-refractivity contribution in [2.45, 2.75) is 51.9 Å². The van der Waals surface area contributed by atoms with Crippen molar-refractivity contribution in [1.29, 1.82) is 0 Å². The van der Waals surface area contributed by atoms with Crippen LogP contribution in [-0.2, 0) is 10.9 Å². The third kappa shape index (κ3) is 6.91. The monoisotopic (exact) mass is 715 g/mol. The van der Waals surface area contributed by atoms with Crippen LogP contribution in [0.2, 0.25) is 0 Å². The van der Waals surface area contributed by atoms with Crippen LogP contribution >= 0.6 is 0 Å². The van der Waals surface area contributed by atoms with Gasteiger partial charge in [0.15, 0.2) is 5.82 Å². The number of halogens is 5. The number of pyridine rings is 2. The van der Waals surface area contributed by atoms with Crippen molar-refractivity contribution in [1.82, 2.24) is 35.0 Å². The lowest BCUT2D eigenvalue weighted by Gasteiger charge is -2.34. The number of aryl methyl sites for hydroxylation is 1. The minimum absolute atomic E-state index is 0.000771. The number of nitrogen functional groups attached to an aromatic ring is 1. The van der Waals surface area contributed by atoms with Crippen LogP contribution in [0.5, 0.6) is 11.9 Å². The first kappa shape index (κ1) is 35.9. The van der Waals surface area contributed by atoms with Gasteiger partial charge in [0.1, 0.15) is 40.7 Å². The van der Waals surface area contributed by atoms with Gasteiger partial charge in [-0.1, -0.05) is 0 Å². The number of benzene rings is 1. The van der Waals surface area contributed by atoms with E-state index in [2.05, 4.69) is 35.0 Å². The zero-order valence-corrected chi connectivity index (χ0v) is 28.7. The molecule has 1 unspecified atom stereocenters. The maximum atomic E-state index is 16.6. The van der Waals surface area contributed by atoms with Crippen molar-refractivity contribution in [2.75, 3.05) is 57.7 Å². The van der Waals surface area contributed by atoms with E-state index in [1.807, 2.05) is 0 Å². The summed E-state index contributed by atoms with van der Waals surface area (Å²) in [5.74, 6) is -1.76. The van der Waals surface area contributed by atoms with Gasteiger partial charge in [-0.3, -0.25) is 5.10 Å². The van der Waals surface area contributed by atoms with E-state index in [-0.39, 0.29) is 57.5 Å². The van der Waals surface area contributed by atoms with Gasteiger partial charge in [0.05, 0.1) is 49.3 Å². The van der Waals surface area contributed by atoms with E-state index in [0.717, 1.165) is 19.3 Å². The Morgan fingerprint density at radius 3 is 2.53 bits per heavy atom. The van der Waals surface area contributed by atoms with Gasteiger partial charge in [0.25, 0.3) is 0 Å². The largest absolute Gasteiger partial charge is 0.475 e. The van der Waals surface area contributed by atoms with Gasteiger partial charge in [-0.2, -0.15) is 28.2 Å². The zero-order valence-electron chi connectivity index (χ0n) is 28.7. The van der Waals surface area contributed by atoms with Crippen LogP contribution in [0, 0.1) is 18.6 Å². The third-order valence-electron chi connectivity index (χ3n) is 9.13. The molecule has 4 aromatic heterocycles. The van der Waals surface area contributed by atoms with Crippen LogP contribution in [0.1, 0.15) is 49.4 Å². The Kier molecular flexibility index (Phi) is 10.1. The van der Waals surface area contributed by atoms with E-state index >= 15 is 4.39 Å². The number of nitrogens with zero attached hydrogens (tertiary/aromatic N) is 7. The Morgan fingerprint density at radius 1 is 1.10 bits per heavy atom. The molecule has 7 rings (SSSR count). The maximum absolute atomic E-state index is 16.6. The molecule has 0 bridgehead atoms. The Labute approximate surface area is 290 Å². The van der Waals surface area contributed by atoms with Gasteiger partial charge in [0, 0.05) is 30.2 Å². The molecule has 0 saturated carbocycles. The van der Waals surface area contributed by atoms with Crippen molar-refractivity contribution in [2.24, 2.45) is 0 Å². The van der Waals surface area contributed by atoms with Crippen LogP contribution in [0.25, 0.3) is 33.1 Å². The second-order valence-corrected chi connectivity index (χ2v) is 12.5. The highest BCUT2D eigenvalue weighted by atomic mass is 19.4. The SMILES string of the molecule is COCCN1CCCC1.COc1nc2c3c(nc(-c4c(C(F)(F)F)c(C)cc5[nH]ncc45)c(F)c3n1)OC[C@H](C)N2C(C)c1cc(F)cnc1N. The molecule has 0 aliphatic carbocycles. The molecule has 0 spiro atoms. The Morgan fingerprint density at radius 2 is 1.84 bits per heavy atom. The number of H-pyrrole nitrogens is 1. The van der Waals surface area contributed by atoms with Gasteiger partial charge in [-0.05, 0) is 64.4 Å². The summed E-state index contributed by atoms with van der Waals surface area (Å²) in [6.07, 6.45) is 0.0722. The fourth-order valence-corrected chi connectivity index (χ4v) is 6.72. The normalized spacial score (nSPS) is 16.9. The predicted molar refractivity (Wildman–Crippen MR) is 181 cm³/mol. The van der Waals surface area contributed by atoms with Crippen molar-refractivity contribution < 1.29 is 36.2 Å². The average molecular weight is 716 g/mol. The van der Waals surface area contributed by atoms with Gasteiger partial charge >= 0.3 is 12.2 Å². The molecule has 1 fully saturated rings. The summed E-state index contributed by atoms with van der Waals surface area (Å²) < 4.78 is 90.2. The van der Waals surface area contributed by atoms with Crippen LogP contribution in [-0.4, -0.2) is 88.1 Å². The summed E-state index contributed by atoms with van der Waals surface area (Å²) in [5.41, 5.74) is 3.93. The van der Waals surface area contributed by atoms with Gasteiger partial charge < -0.3 is 29.7 Å². The molecule has 17 heteroatoms. The number of likely N-dealkylation sites (tertiary alicyclic amines) is 1. The van der Waals surface area contributed by atoms with Crippen LogP contribution in [0.4, 0.5) is 33.6 Å². The standard InChI is InChI=1S/C27H23F5N8O2.C7H15NO/c1-10-5-16-15(8-35-39-16)17(19(10)27(30,31)32)21-20(29)22-18-24(38-26(37-22)41-4)40(11(2)9-42-25(18)36-21)12(3)14-6-13(28)7-34-23(14)33;1-9-7-6-8-4-2-3-5-8/h5-8,11-12H,9H2,1-4H3,(H2,33,34)(H,35,39);2-7H2,1H3/t11-,12?;/m0./s1. The molecule has 1 saturated heterocycles. The van der Waals surface area contributed by atoms with Gasteiger partial charge in [-0.15, -0.1) is 0 Å². The summed E-state index contributed by atoms with van der Waals surface area (Å²) in [5, 5.41) is 6.52. The van der Waals surface area contributed by atoms with E-state index in [1.54, 1.807) is 25.9 Å². The number of rotatable bonds is 7. The lowest BCUT2D eigenvalue weighted by atomic mass is 9.94. The van der Waals surface area contributed by atoms with Crippen LogP contribution < -0.4 is 20.1 Å². The second kappa shape index (κ2) is 14.4. The van der Waals surface area contributed by atoms with E-state index in [9.17, 15) is 17.6 Å². The summed E-state index contributed by atoms with van der Waals surface area (Å²) in [6, 6.07) is 1.11. The van der Waals surface area contributed by atoms with Crippen molar-refractivity contribution >= 4 is 33.4 Å². The highest BCUT2D eigenvalue weighted by Crippen LogP contribution is 2.47. The van der Waals surface area contributed by atoms with E-state index < -0.39 is 46.7 Å². The molecule has 1 aromatic carbocycles. The number of nitrogens with two attached hydrogens (primary N) is 1. The summed E-state index contributed by atoms with van der Waals surface area (Å²) >= 11 is 0. The molecule has 272 valence electrons. The highest BCUT2D eigenvalue weighted by molar-refractivity contribution is 6.02. The number of anilines is 2. The first-order chi connectivity index (χ1) is 24.3. The molecule has 2 aliphatic heterocycles. The van der Waals surface area contributed by atoms with Crippen LogP contribution in [0.3, 0.4) is 0 Å². The minimum Gasteiger partial charge on any atom is -0.475 e. The van der Waals surface area contributed by atoms with E-state index in [0.29, 0.717) is 5.56 Å². The van der Waals surface area contributed by atoms with Crippen molar-refractivity contribution in [3.05, 3.63) is 52.9 Å². The minimum atomic E-state index is -4.85. The Balaban J connectivity index is 0.000000435. The average Bonchev–Trinajstić information content (AvgIpc) is 3.77. The fourth-order valence-electron chi connectivity index (χ4n) is 6.72. The number of aromatic nitrogens is 6. The maximum Gasteiger partial charge on any atom is 0.417 e. The van der Waals surface area contributed by atoms with Crippen molar-refractivity contribution in [3.63, 3.8) is 0 Å². The number of methoxy groups -OCH3 is 2. The molecule has 6 heterocycles. The summed E-state index contributed by atoms with van der Waals surface area (Å²) in [4.78, 5) is 21.0. The number of hydrogen-bond donors (Lipinski definition) is 2.